The summed E-state index contributed by atoms with van der Waals surface area (Å²) in [7, 11) is 0. The average molecular weight is 281 g/mol. The van der Waals surface area contributed by atoms with Crippen molar-refractivity contribution in [1.82, 2.24) is 10.3 Å². The number of nitrogens with zero attached hydrogens (tertiary/aromatic N) is 1. The van der Waals surface area contributed by atoms with Gasteiger partial charge in [0.05, 0.1) is 5.02 Å². The molecule has 2 aromatic heterocycles. The fraction of sp³-hybridized carbons (Fsp3) is 0.357. The van der Waals surface area contributed by atoms with Gasteiger partial charge in [-0.15, -0.1) is 0 Å². The van der Waals surface area contributed by atoms with Crippen molar-refractivity contribution in [1.29, 1.82) is 0 Å². The van der Waals surface area contributed by atoms with Crippen molar-refractivity contribution in [3.63, 3.8) is 0 Å². The summed E-state index contributed by atoms with van der Waals surface area (Å²) in [6, 6.07) is 2.31. The molecular formula is C14H17ClN2S. The van der Waals surface area contributed by atoms with E-state index >= 15 is 0 Å². The van der Waals surface area contributed by atoms with E-state index in [0.29, 0.717) is 6.04 Å². The molecule has 0 aliphatic rings. The minimum absolute atomic E-state index is 0.321. The van der Waals surface area contributed by atoms with Gasteiger partial charge >= 0.3 is 0 Å². The van der Waals surface area contributed by atoms with Crippen LogP contribution >= 0.6 is 22.9 Å². The van der Waals surface area contributed by atoms with Crippen LogP contribution in [0.25, 0.3) is 0 Å². The highest BCUT2D eigenvalue weighted by molar-refractivity contribution is 7.08. The Kier molecular flexibility index (Phi) is 4.75. The van der Waals surface area contributed by atoms with E-state index in [4.69, 9.17) is 11.6 Å². The van der Waals surface area contributed by atoms with Gasteiger partial charge in [0, 0.05) is 18.4 Å². The second-order valence-electron chi connectivity index (χ2n) is 4.29. The summed E-state index contributed by atoms with van der Waals surface area (Å²) in [5.41, 5.74) is 3.86. The molecule has 0 saturated heterocycles. The third-order valence-electron chi connectivity index (χ3n) is 3.00. The molecular weight excluding hydrogens is 264 g/mol. The molecule has 96 valence electrons. The molecule has 4 heteroatoms. The van der Waals surface area contributed by atoms with Crippen LogP contribution in [0, 0.1) is 6.92 Å². The summed E-state index contributed by atoms with van der Waals surface area (Å²) in [4.78, 5) is 4.03. The molecule has 0 aliphatic carbocycles. The number of aryl methyl sites for hydroxylation is 1. The lowest BCUT2D eigenvalue weighted by Gasteiger charge is -2.18. The van der Waals surface area contributed by atoms with E-state index in [1.807, 2.05) is 6.07 Å². The number of hydrogen-bond donors (Lipinski definition) is 1. The van der Waals surface area contributed by atoms with Crippen LogP contribution in [0.4, 0.5) is 0 Å². The Labute approximate surface area is 117 Å². The van der Waals surface area contributed by atoms with Crippen molar-refractivity contribution in [3.8, 4) is 0 Å². The molecule has 2 nitrogen and oxygen atoms in total. The van der Waals surface area contributed by atoms with E-state index in [1.165, 1.54) is 11.1 Å². The molecule has 0 aliphatic heterocycles. The molecule has 0 amide bonds. The van der Waals surface area contributed by atoms with Crippen LogP contribution in [-0.2, 0) is 6.42 Å². The normalized spacial score (nSPS) is 12.6. The van der Waals surface area contributed by atoms with Gasteiger partial charge in [-0.05, 0) is 53.4 Å². The van der Waals surface area contributed by atoms with Crippen LogP contribution in [0.3, 0.4) is 0 Å². The summed E-state index contributed by atoms with van der Waals surface area (Å²) in [6.45, 7) is 5.23. The molecule has 0 saturated carbocycles. The van der Waals surface area contributed by atoms with Crippen LogP contribution in [0.15, 0.2) is 29.2 Å². The SMILES string of the molecule is CCNC(Cc1ccncc1Cl)c1cscc1C. The fourth-order valence-electron chi connectivity index (χ4n) is 2.06. The highest BCUT2D eigenvalue weighted by atomic mass is 35.5. The summed E-state index contributed by atoms with van der Waals surface area (Å²) in [5.74, 6) is 0. The zero-order valence-corrected chi connectivity index (χ0v) is 12.2. The molecule has 2 rings (SSSR count). The highest BCUT2D eigenvalue weighted by Crippen LogP contribution is 2.27. The minimum Gasteiger partial charge on any atom is -0.310 e. The largest absolute Gasteiger partial charge is 0.310 e. The maximum absolute atomic E-state index is 6.18. The number of thiophene rings is 1. The lowest BCUT2D eigenvalue weighted by molar-refractivity contribution is 0.549. The number of rotatable bonds is 5. The summed E-state index contributed by atoms with van der Waals surface area (Å²) in [6.07, 6.45) is 4.40. The molecule has 0 fully saturated rings. The Bertz CT molecular complexity index is 510. The van der Waals surface area contributed by atoms with E-state index < -0.39 is 0 Å². The summed E-state index contributed by atoms with van der Waals surface area (Å²) < 4.78 is 0. The zero-order valence-electron chi connectivity index (χ0n) is 10.6. The fourth-order valence-corrected chi connectivity index (χ4v) is 3.16. The Balaban J connectivity index is 2.22. The molecule has 2 heterocycles. The highest BCUT2D eigenvalue weighted by Gasteiger charge is 2.15. The van der Waals surface area contributed by atoms with E-state index in [9.17, 15) is 0 Å². The predicted octanol–water partition coefficient (Wildman–Crippen LogP) is 4.00. The van der Waals surface area contributed by atoms with Gasteiger partial charge in [0.2, 0.25) is 0 Å². The molecule has 1 unspecified atom stereocenters. The Morgan fingerprint density at radius 2 is 2.28 bits per heavy atom. The van der Waals surface area contributed by atoms with E-state index in [0.717, 1.165) is 23.6 Å². The number of halogens is 1. The number of aromatic nitrogens is 1. The van der Waals surface area contributed by atoms with Crippen molar-refractivity contribution < 1.29 is 0 Å². The predicted molar refractivity (Wildman–Crippen MR) is 78.4 cm³/mol. The second kappa shape index (κ2) is 6.32. The smallest absolute Gasteiger partial charge is 0.0622 e. The number of pyridine rings is 1. The first kappa shape index (κ1) is 13.5. The van der Waals surface area contributed by atoms with Crippen LogP contribution in [0.2, 0.25) is 5.02 Å². The maximum Gasteiger partial charge on any atom is 0.0622 e. The van der Waals surface area contributed by atoms with Gasteiger partial charge in [-0.3, -0.25) is 4.98 Å². The lowest BCUT2D eigenvalue weighted by Crippen LogP contribution is -2.23. The molecule has 18 heavy (non-hydrogen) atoms. The molecule has 0 spiro atoms. The van der Waals surface area contributed by atoms with Crippen molar-refractivity contribution >= 4 is 22.9 Å². The third kappa shape index (κ3) is 3.10. The Morgan fingerprint density at radius 1 is 1.44 bits per heavy atom. The second-order valence-corrected chi connectivity index (χ2v) is 5.44. The average Bonchev–Trinajstić information content (AvgIpc) is 2.78. The minimum atomic E-state index is 0.321. The van der Waals surface area contributed by atoms with Crippen molar-refractivity contribution in [3.05, 3.63) is 50.9 Å². The van der Waals surface area contributed by atoms with E-state index in [1.54, 1.807) is 23.7 Å². The van der Waals surface area contributed by atoms with Crippen LogP contribution in [-0.4, -0.2) is 11.5 Å². The Morgan fingerprint density at radius 3 is 2.89 bits per heavy atom. The maximum atomic E-state index is 6.18. The first-order valence-corrected chi connectivity index (χ1v) is 7.39. The van der Waals surface area contributed by atoms with Crippen LogP contribution in [0.1, 0.15) is 29.7 Å². The lowest BCUT2D eigenvalue weighted by atomic mass is 9.99. The van der Waals surface area contributed by atoms with Crippen molar-refractivity contribution in [2.75, 3.05) is 6.54 Å². The third-order valence-corrected chi connectivity index (χ3v) is 4.22. The van der Waals surface area contributed by atoms with Gasteiger partial charge in [0.15, 0.2) is 0 Å². The quantitative estimate of drug-likeness (QED) is 0.895. The molecule has 2 aromatic rings. The first-order chi connectivity index (χ1) is 8.72. The Hall–Kier alpha value is -0.900. The zero-order chi connectivity index (χ0) is 13.0. The van der Waals surface area contributed by atoms with Gasteiger partial charge in [-0.25, -0.2) is 0 Å². The van der Waals surface area contributed by atoms with Gasteiger partial charge in [-0.1, -0.05) is 18.5 Å². The summed E-state index contributed by atoms with van der Waals surface area (Å²) in [5, 5.41) is 8.68. The van der Waals surface area contributed by atoms with Gasteiger partial charge in [0.25, 0.3) is 0 Å². The van der Waals surface area contributed by atoms with Gasteiger partial charge < -0.3 is 5.32 Å². The van der Waals surface area contributed by atoms with Crippen LogP contribution in [0.5, 0.6) is 0 Å². The summed E-state index contributed by atoms with van der Waals surface area (Å²) >= 11 is 7.93. The van der Waals surface area contributed by atoms with E-state index in [-0.39, 0.29) is 0 Å². The topological polar surface area (TPSA) is 24.9 Å². The molecule has 0 bridgehead atoms. The number of nitrogens with one attached hydrogen (secondary N) is 1. The van der Waals surface area contributed by atoms with Gasteiger partial charge in [-0.2, -0.15) is 11.3 Å². The molecule has 0 aromatic carbocycles. The van der Waals surface area contributed by atoms with Crippen molar-refractivity contribution in [2.45, 2.75) is 26.3 Å². The standard InChI is InChI=1S/C14H17ClN2S/c1-3-17-14(12-9-18-8-10(12)2)6-11-4-5-16-7-13(11)15/h4-5,7-9,14,17H,3,6H2,1-2H3. The first-order valence-electron chi connectivity index (χ1n) is 6.06. The van der Waals surface area contributed by atoms with Gasteiger partial charge in [0.1, 0.15) is 0 Å². The monoisotopic (exact) mass is 280 g/mol. The van der Waals surface area contributed by atoms with Crippen LogP contribution < -0.4 is 5.32 Å². The molecule has 1 N–H and O–H groups in total. The number of hydrogen-bond acceptors (Lipinski definition) is 3. The van der Waals surface area contributed by atoms with Crippen molar-refractivity contribution in [2.24, 2.45) is 0 Å². The molecule has 1 atom stereocenters. The van der Waals surface area contributed by atoms with E-state index in [2.05, 4.69) is 34.9 Å². The molecule has 0 radical (unpaired) electrons. The number of likely N-dealkylation sites (N-methyl/N-ethyl adjacent to an activating group) is 1.